The van der Waals surface area contributed by atoms with Crippen LogP contribution in [-0.2, 0) is 0 Å². The first-order valence-electron chi connectivity index (χ1n) is 3.62. The van der Waals surface area contributed by atoms with Crippen LogP contribution in [0.5, 0.6) is 0 Å². The van der Waals surface area contributed by atoms with E-state index in [0.717, 1.165) is 14.8 Å². The second-order valence-corrected chi connectivity index (χ2v) is 3.62. The van der Waals surface area contributed by atoms with Gasteiger partial charge in [0.1, 0.15) is 0 Å². The molecule has 2 atom stereocenters. The molecule has 0 aliphatic rings. The average Bonchev–Trinajstić information content (AvgIpc) is 1.87. The summed E-state index contributed by atoms with van der Waals surface area (Å²) in [6.07, 6.45) is 2.63. The molecule has 0 aliphatic heterocycles. The van der Waals surface area contributed by atoms with Gasteiger partial charge in [-0.2, -0.15) is 0 Å². The molecule has 2 unspecified atom stereocenters. The number of nitrogens with zero attached hydrogens (tertiary/aromatic N) is 1. The van der Waals surface area contributed by atoms with Crippen molar-refractivity contribution < 1.29 is 0 Å². The topological polar surface area (TPSA) is 3.24 Å². The summed E-state index contributed by atoms with van der Waals surface area (Å²) in [5, 5.41) is 0. The summed E-state index contributed by atoms with van der Waals surface area (Å²) in [7, 11) is 3.15. The molecule has 0 saturated carbocycles. The third-order valence-corrected chi connectivity index (χ3v) is 2.87. The van der Waals surface area contributed by atoms with E-state index < -0.39 is 0 Å². The van der Waals surface area contributed by atoms with Crippen molar-refractivity contribution in [3.63, 3.8) is 0 Å². The van der Waals surface area contributed by atoms with Gasteiger partial charge in [-0.15, -0.1) is 0 Å². The molecule has 56 valence electrons. The smallest absolute Gasteiger partial charge is 0.0100 e. The van der Waals surface area contributed by atoms with E-state index in [9.17, 15) is 0 Å². The van der Waals surface area contributed by atoms with Crippen molar-refractivity contribution in [1.82, 2.24) is 4.67 Å². The Morgan fingerprint density at radius 3 is 2.44 bits per heavy atom. The zero-order chi connectivity index (χ0) is 7.28. The summed E-state index contributed by atoms with van der Waals surface area (Å²) >= 11 is 0. The van der Waals surface area contributed by atoms with Crippen LogP contribution in [0.25, 0.3) is 0 Å². The third kappa shape index (κ3) is 3.89. The predicted octanol–water partition coefficient (Wildman–Crippen LogP) is 2.33. The molecule has 0 aliphatic carbocycles. The van der Waals surface area contributed by atoms with Crippen LogP contribution >= 0.6 is 8.73 Å². The minimum Gasteiger partial charge on any atom is -0.285 e. The summed E-state index contributed by atoms with van der Waals surface area (Å²) in [5.41, 5.74) is 0. The van der Waals surface area contributed by atoms with Gasteiger partial charge in [-0.3, -0.25) is 4.67 Å². The largest absolute Gasteiger partial charge is 0.285 e. The van der Waals surface area contributed by atoms with Crippen LogP contribution in [-0.4, -0.2) is 24.4 Å². The lowest BCUT2D eigenvalue weighted by Gasteiger charge is -2.21. The minimum absolute atomic E-state index is 0.776. The molecule has 0 bridgehead atoms. The van der Waals surface area contributed by atoms with Gasteiger partial charge in [-0.25, -0.2) is 0 Å². The van der Waals surface area contributed by atoms with Gasteiger partial charge in [0.15, 0.2) is 0 Å². The highest BCUT2D eigenvalue weighted by molar-refractivity contribution is 7.34. The Hall–Kier alpha value is 0.390. The zero-order valence-corrected chi connectivity index (χ0v) is 7.94. The molecule has 0 rings (SSSR count). The Bertz CT molecular complexity index is 65.9. The summed E-state index contributed by atoms with van der Waals surface area (Å²) in [4.78, 5) is 0. The third-order valence-electron chi connectivity index (χ3n) is 1.72. The van der Waals surface area contributed by atoms with Gasteiger partial charge in [-0.05, 0) is 27.1 Å². The van der Waals surface area contributed by atoms with E-state index in [1.165, 1.54) is 12.8 Å². The highest BCUT2D eigenvalue weighted by Gasteiger charge is 2.03. The number of rotatable bonds is 4. The Balaban J connectivity index is 3.32. The first-order chi connectivity index (χ1) is 4.22. The molecule has 0 radical (unpaired) electrons. The van der Waals surface area contributed by atoms with Crippen LogP contribution in [0, 0.1) is 0 Å². The van der Waals surface area contributed by atoms with Crippen molar-refractivity contribution in [2.24, 2.45) is 0 Å². The van der Waals surface area contributed by atoms with E-state index in [4.69, 9.17) is 0 Å². The summed E-state index contributed by atoms with van der Waals surface area (Å²) < 4.78 is 2.41. The lowest BCUT2D eigenvalue weighted by atomic mass is 10.2. The predicted molar refractivity (Wildman–Crippen MR) is 46.4 cm³/mol. The lowest BCUT2D eigenvalue weighted by molar-refractivity contribution is 0.403. The Morgan fingerprint density at radius 1 is 1.56 bits per heavy atom. The number of hydrogen-bond donors (Lipinski definition) is 0. The molecule has 0 N–H and O–H groups in total. The van der Waals surface area contributed by atoms with Crippen molar-refractivity contribution in [3.05, 3.63) is 0 Å². The van der Waals surface area contributed by atoms with Crippen LogP contribution in [0.15, 0.2) is 0 Å². The molecule has 2 heteroatoms. The molecule has 0 spiro atoms. The molecule has 0 aromatic carbocycles. The van der Waals surface area contributed by atoms with E-state index >= 15 is 0 Å². The standard InChI is InChI=1S/C7H18NP/c1-5-6-7(2)8(3)9-4/h7,9H,5-6H2,1-4H3. The normalized spacial score (nSPS) is 15.7. The van der Waals surface area contributed by atoms with Gasteiger partial charge in [0.05, 0.1) is 0 Å². The van der Waals surface area contributed by atoms with Crippen molar-refractivity contribution >= 4 is 8.73 Å². The van der Waals surface area contributed by atoms with Crippen molar-refractivity contribution in [1.29, 1.82) is 0 Å². The maximum Gasteiger partial charge on any atom is 0.0100 e. The second kappa shape index (κ2) is 5.20. The van der Waals surface area contributed by atoms with E-state index in [0.29, 0.717) is 0 Å². The van der Waals surface area contributed by atoms with Gasteiger partial charge in [0.2, 0.25) is 0 Å². The zero-order valence-electron chi connectivity index (χ0n) is 6.94. The van der Waals surface area contributed by atoms with E-state index in [-0.39, 0.29) is 0 Å². The maximum absolute atomic E-state index is 2.41. The fraction of sp³-hybridized carbons (Fsp3) is 1.00. The summed E-state index contributed by atoms with van der Waals surface area (Å²) in [6.45, 7) is 6.76. The Morgan fingerprint density at radius 2 is 2.11 bits per heavy atom. The quantitative estimate of drug-likeness (QED) is 0.551. The summed E-state index contributed by atoms with van der Waals surface area (Å²) in [6, 6.07) is 0.776. The minimum atomic E-state index is 0.776. The van der Waals surface area contributed by atoms with E-state index in [2.05, 4.69) is 32.2 Å². The molecule has 0 heterocycles. The molecule has 0 amide bonds. The van der Waals surface area contributed by atoms with Crippen molar-refractivity contribution in [2.45, 2.75) is 32.7 Å². The van der Waals surface area contributed by atoms with Crippen LogP contribution in [0.3, 0.4) is 0 Å². The average molecular weight is 147 g/mol. The van der Waals surface area contributed by atoms with Gasteiger partial charge in [0, 0.05) is 6.04 Å². The highest BCUT2D eigenvalue weighted by atomic mass is 31.1. The first kappa shape index (κ1) is 9.39. The fourth-order valence-electron chi connectivity index (χ4n) is 0.832. The van der Waals surface area contributed by atoms with Crippen LogP contribution in [0.4, 0.5) is 0 Å². The lowest BCUT2D eigenvalue weighted by Crippen LogP contribution is -2.20. The molecule has 0 saturated heterocycles. The molecule has 9 heavy (non-hydrogen) atoms. The second-order valence-electron chi connectivity index (χ2n) is 2.47. The molecule has 0 fully saturated rings. The molecular weight excluding hydrogens is 129 g/mol. The van der Waals surface area contributed by atoms with Crippen LogP contribution in [0.1, 0.15) is 26.7 Å². The summed E-state index contributed by atoms with van der Waals surface area (Å²) in [5.74, 6) is 0. The maximum atomic E-state index is 2.41. The van der Waals surface area contributed by atoms with E-state index in [1.807, 2.05) is 0 Å². The van der Waals surface area contributed by atoms with Gasteiger partial charge < -0.3 is 0 Å². The molecular formula is C7H18NP. The monoisotopic (exact) mass is 147 g/mol. The Kier molecular flexibility index (Phi) is 5.42. The van der Waals surface area contributed by atoms with Crippen LogP contribution < -0.4 is 0 Å². The van der Waals surface area contributed by atoms with Gasteiger partial charge >= 0.3 is 0 Å². The van der Waals surface area contributed by atoms with E-state index in [1.54, 1.807) is 0 Å². The molecule has 1 nitrogen and oxygen atoms in total. The first-order valence-corrected chi connectivity index (χ1v) is 5.07. The molecule has 0 aromatic rings. The van der Waals surface area contributed by atoms with Crippen LogP contribution in [0.2, 0.25) is 0 Å². The Labute approximate surface area is 60.7 Å². The van der Waals surface area contributed by atoms with Crippen molar-refractivity contribution in [2.75, 3.05) is 13.7 Å². The number of hydrogen-bond acceptors (Lipinski definition) is 1. The van der Waals surface area contributed by atoms with Gasteiger partial charge in [-0.1, -0.05) is 22.1 Å². The van der Waals surface area contributed by atoms with Crippen molar-refractivity contribution in [3.8, 4) is 0 Å². The SMILES string of the molecule is CCCC(C)N(C)PC. The fourth-order valence-corrected chi connectivity index (χ4v) is 1.40. The van der Waals surface area contributed by atoms with Gasteiger partial charge in [0.25, 0.3) is 0 Å². The highest BCUT2D eigenvalue weighted by Crippen LogP contribution is 2.16. The molecule has 0 aromatic heterocycles.